The van der Waals surface area contributed by atoms with Gasteiger partial charge >= 0.3 is 0 Å². The summed E-state index contributed by atoms with van der Waals surface area (Å²) in [6.45, 7) is 1.44. The van der Waals surface area contributed by atoms with Gasteiger partial charge in [0.05, 0.1) is 16.9 Å². The molecule has 0 aliphatic heterocycles. The molecule has 0 atom stereocenters. The minimum absolute atomic E-state index is 0.0892. The molecule has 5 nitrogen and oxygen atoms in total. The first-order valence-electron chi connectivity index (χ1n) is 3.46. The van der Waals surface area contributed by atoms with Crippen molar-refractivity contribution in [3.63, 3.8) is 0 Å². The van der Waals surface area contributed by atoms with Crippen LogP contribution in [-0.4, -0.2) is 17.0 Å². The number of allylic oxidation sites excluding steroid dienone is 1. The molecule has 0 fully saturated rings. The molecular weight excluding hydrogens is 192 g/mol. The van der Waals surface area contributed by atoms with Crippen LogP contribution in [-0.2, 0) is 0 Å². The van der Waals surface area contributed by atoms with Gasteiger partial charge in [0.25, 0.3) is 5.19 Å². The van der Waals surface area contributed by atoms with Crippen molar-refractivity contribution in [1.29, 1.82) is 0 Å². The Morgan fingerprint density at radius 2 is 2.54 bits per heavy atom. The first-order chi connectivity index (χ1) is 6.13. The first-order valence-corrected chi connectivity index (χ1v) is 4.27. The van der Waals surface area contributed by atoms with E-state index in [0.717, 1.165) is 0 Å². The van der Waals surface area contributed by atoms with Crippen LogP contribution in [0.2, 0.25) is 0 Å². The Morgan fingerprint density at radius 1 is 1.85 bits per heavy atom. The summed E-state index contributed by atoms with van der Waals surface area (Å²) in [6.07, 6.45) is 3.00. The molecule has 0 spiro atoms. The average molecular weight is 200 g/mol. The fourth-order valence-corrected chi connectivity index (χ4v) is 1.41. The van der Waals surface area contributed by atoms with E-state index in [2.05, 4.69) is 4.98 Å². The zero-order chi connectivity index (χ0) is 9.84. The topological polar surface area (TPSA) is 65.3 Å². The summed E-state index contributed by atoms with van der Waals surface area (Å²) >= 11 is 1.26. The van der Waals surface area contributed by atoms with E-state index in [4.69, 9.17) is 4.74 Å². The van der Waals surface area contributed by atoms with E-state index < -0.39 is 4.92 Å². The molecule has 0 N–H and O–H groups in total. The van der Waals surface area contributed by atoms with Gasteiger partial charge in [-0.3, -0.25) is 10.1 Å². The van der Waals surface area contributed by atoms with E-state index in [1.807, 2.05) is 0 Å². The van der Waals surface area contributed by atoms with E-state index in [1.165, 1.54) is 37.6 Å². The summed E-state index contributed by atoms with van der Waals surface area (Å²) in [4.78, 5) is 14.4. The minimum atomic E-state index is -0.438. The number of hydrogen-bond acceptors (Lipinski definition) is 5. The standard InChI is InChI=1S/C7H8N2O3S/c1-5(9(10)11)3-6-4-8-7(12-2)13-6/h3-4H,1-2H3/b5-3-. The summed E-state index contributed by atoms with van der Waals surface area (Å²) < 4.78 is 4.85. The van der Waals surface area contributed by atoms with Gasteiger partial charge in [-0.05, 0) is 0 Å². The summed E-state index contributed by atoms with van der Waals surface area (Å²) in [6, 6.07) is 0. The lowest BCUT2D eigenvalue weighted by atomic mass is 10.4. The Hall–Kier alpha value is -1.43. The summed E-state index contributed by atoms with van der Waals surface area (Å²) in [5.74, 6) is 0. The van der Waals surface area contributed by atoms with Gasteiger partial charge in [0.2, 0.25) is 5.70 Å². The molecule has 0 unspecified atom stereocenters. The molecule has 0 saturated heterocycles. The predicted octanol–water partition coefficient (Wildman–Crippen LogP) is 1.79. The number of methoxy groups -OCH3 is 1. The van der Waals surface area contributed by atoms with Crippen LogP contribution < -0.4 is 4.74 Å². The van der Waals surface area contributed by atoms with Crippen molar-refractivity contribution in [3.05, 3.63) is 26.9 Å². The molecule has 0 aromatic carbocycles. The maximum atomic E-state index is 10.3. The Bertz CT molecular complexity index is 345. The highest BCUT2D eigenvalue weighted by molar-refractivity contribution is 7.14. The average Bonchev–Trinajstić information content (AvgIpc) is 2.52. The third-order valence-corrected chi connectivity index (χ3v) is 2.22. The molecule has 6 heteroatoms. The van der Waals surface area contributed by atoms with Gasteiger partial charge in [0.15, 0.2) is 0 Å². The van der Waals surface area contributed by atoms with Crippen LogP contribution >= 0.6 is 11.3 Å². The second-order valence-electron chi connectivity index (χ2n) is 2.28. The van der Waals surface area contributed by atoms with Gasteiger partial charge in [0, 0.05) is 19.2 Å². The lowest BCUT2D eigenvalue weighted by molar-refractivity contribution is -0.422. The SMILES string of the molecule is COc1ncc(/C=C(/C)[N+](=O)[O-])s1. The molecule has 13 heavy (non-hydrogen) atoms. The maximum Gasteiger partial charge on any atom is 0.273 e. The van der Waals surface area contributed by atoms with E-state index in [-0.39, 0.29) is 5.70 Å². The van der Waals surface area contributed by atoms with Crippen LogP contribution in [0.15, 0.2) is 11.9 Å². The van der Waals surface area contributed by atoms with Gasteiger partial charge in [-0.25, -0.2) is 4.98 Å². The van der Waals surface area contributed by atoms with Crippen molar-refractivity contribution in [2.75, 3.05) is 7.11 Å². The molecule has 1 aromatic rings. The highest BCUT2D eigenvalue weighted by Crippen LogP contribution is 2.22. The zero-order valence-electron chi connectivity index (χ0n) is 7.18. The normalized spacial score (nSPS) is 11.4. The van der Waals surface area contributed by atoms with Gasteiger partial charge < -0.3 is 4.74 Å². The molecule has 0 bridgehead atoms. The van der Waals surface area contributed by atoms with E-state index in [0.29, 0.717) is 10.1 Å². The molecule has 0 radical (unpaired) electrons. The van der Waals surface area contributed by atoms with Crippen LogP contribution in [0.25, 0.3) is 6.08 Å². The summed E-state index contributed by atoms with van der Waals surface area (Å²) in [7, 11) is 1.51. The largest absolute Gasteiger partial charge is 0.473 e. The smallest absolute Gasteiger partial charge is 0.273 e. The van der Waals surface area contributed by atoms with Crippen LogP contribution in [0.3, 0.4) is 0 Å². The van der Waals surface area contributed by atoms with Crippen LogP contribution in [0.1, 0.15) is 11.8 Å². The van der Waals surface area contributed by atoms with Crippen LogP contribution in [0.4, 0.5) is 0 Å². The maximum absolute atomic E-state index is 10.3. The third-order valence-electron chi connectivity index (χ3n) is 1.32. The fraction of sp³-hybridized carbons (Fsp3) is 0.286. The predicted molar refractivity (Wildman–Crippen MR) is 49.3 cm³/mol. The minimum Gasteiger partial charge on any atom is -0.473 e. The molecular formula is C7H8N2O3S. The number of thiazole rings is 1. The lowest BCUT2D eigenvalue weighted by Gasteiger charge is -1.87. The second-order valence-corrected chi connectivity index (χ2v) is 3.30. The molecule has 0 aliphatic rings. The monoisotopic (exact) mass is 200 g/mol. The van der Waals surface area contributed by atoms with Gasteiger partial charge in [0.1, 0.15) is 0 Å². The molecule has 70 valence electrons. The van der Waals surface area contributed by atoms with Crippen molar-refractivity contribution in [2.24, 2.45) is 0 Å². The second kappa shape index (κ2) is 3.99. The molecule has 0 saturated carbocycles. The highest BCUT2D eigenvalue weighted by Gasteiger charge is 2.05. The van der Waals surface area contributed by atoms with Crippen molar-refractivity contribution in [1.82, 2.24) is 4.98 Å². The number of rotatable bonds is 3. The fourth-order valence-electron chi connectivity index (χ4n) is 0.690. The Morgan fingerprint density at radius 3 is 3.00 bits per heavy atom. The van der Waals surface area contributed by atoms with E-state index >= 15 is 0 Å². The van der Waals surface area contributed by atoms with Gasteiger partial charge in [-0.1, -0.05) is 11.3 Å². The molecule has 1 heterocycles. The summed E-state index contributed by atoms with van der Waals surface area (Å²) in [5, 5.41) is 10.8. The first kappa shape index (κ1) is 9.66. The van der Waals surface area contributed by atoms with E-state index in [1.54, 1.807) is 0 Å². The number of nitrogens with zero attached hydrogens (tertiary/aromatic N) is 2. The Balaban J connectivity index is 2.84. The Labute approximate surface area is 78.8 Å². The molecule has 1 aromatic heterocycles. The van der Waals surface area contributed by atoms with Crippen LogP contribution in [0.5, 0.6) is 5.19 Å². The number of hydrogen-bond donors (Lipinski definition) is 0. The molecule has 0 aliphatic carbocycles. The van der Waals surface area contributed by atoms with Gasteiger partial charge in [-0.15, -0.1) is 0 Å². The quantitative estimate of drug-likeness (QED) is 0.551. The molecule has 0 amide bonds. The third kappa shape index (κ3) is 2.51. The summed E-state index contributed by atoms with van der Waals surface area (Å²) in [5.41, 5.74) is 0.0892. The number of ether oxygens (including phenoxy) is 1. The van der Waals surface area contributed by atoms with Crippen LogP contribution in [0, 0.1) is 10.1 Å². The number of nitro groups is 1. The lowest BCUT2D eigenvalue weighted by Crippen LogP contribution is -1.91. The number of aromatic nitrogens is 1. The van der Waals surface area contributed by atoms with Crippen molar-refractivity contribution in [3.8, 4) is 5.19 Å². The van der Waals surface area contributed by atoms with E-state index in [9.17, 15) is 10.1 Å². The van der Waals surface area contributed by atoms with Gasteiger partial charge in [-0.2, -0.15) is 0 Å². The van der Waals surface area contributed by atoms with Crippen molar-refractivity contribution in [2.45, 2.75) is 6.92 Å². The molecule has 1 rings (SSSR count). The zero-order valence-corrected chi connectivity index (χ0v) is 8.00. The van der Waals surface area contributed by atoms with Crippen molar-refractivity contribution < 1.29 is 9.66 Å². The highest BCUT2D eigenvalue weighted by atomic mass is 32.1. The Kier molecular flexibility index (Phi) is 2.97. The van der Waals surface area contributed by atoms with Crippen molar-refractivity contribution >= 4 is 17.4 Å².